The Bertz CT molecular complexity index is 383. The topological polar surface area (TPSA) is 29.5 Å². The second-order valence-corrected chi connectivity index (χ2v) is 4.76. The quantitative estimate of drug-likeness (QED) is 0.782. The predicted molar refractivity (Wildman–Crippen MR) is 71.8 cm³/mol. The van der Waals surface area contributed by atoms with E-state index in [1.54, 1.807) is 0 Å². The van der Waals surface area contributed by atoms with E-state index in [0.717, 1.165) is 6.42 Å². The van der Waals surface area contributed by atoms with Gasteiger partial charge >= 0.3 is 0 Å². The molecule has 18 heavy (non-hydrogen) atoms. The largest absolute Gasteiger partial charge is 0.377 e. The van der Waals surface area contributed by atoms with Crippen LogP contribution in [0.25, 0.3) is 0 Å². The van der Waals surface area contributed by atoms with E-state index in [4.69, 9.17) is 16.3 Å². The third-order valence-corrected chi connectivity index (χ3v) is 3.55. The molecule has 1 unspecified atom stereocenters. The first kappa shape index (κ1) is 13.4. The van der Waals surface area contributed by atoms with Crippen LogP contribution in [0.15, 0.2) is 30.3 Å². The highest BCUT2D eigenvalue weighted by molar-refractivity contribution is 6.18. The summed E-state index contributed by atoms with van der Waals surface area (Å²) in [5.74, 6) is 0.615. The molecule has 2 rings (SSSR count). The maximum atomic E-state index is 12.2. The predicted octanol–water partition coefficient (Wildman–Crippen LogP) is 2.09. The van der Waals surface area contributed by atoms with Gasteiger partial charge in [0.05, 0.1) is 19.3 Å². The maximum absolute atomic E-state index is 12.2. The van der Waals surface area contributed by atoms with E-state index >= 15 is 0 Å². The Labute approximate surface area is 113 Å². The molecule has 1 saturated heterocycles. The molecule has 0 spiro atoms. The Morgan fingerprint density at radius 2 is 2.17 bits per heavy atom. The lowest BCUT2D eigenvalue weighted by molar-refractivity contribution is -0.138. The highest BCUT2D eigenvalue weighted by Gasteiger charge is 2.25. The molecule has 4 heteroatoms. The fourth-order valence-corrected chi connectivity index (χ4v) is 2.41. The molecule has 0 saturated carbocycles. The zero-order valence-corrected chi connectivity index (χ0v) is 11.1. The van der Waals surface area contributed by atoms with Crippen molar-refractivity contribution in [3.8, 4) is 0 Å². The minimum Gasteiger partial charge on any atom is -0.377 e. The van der Waals surface area contributed by atoms with Crippen LogP contribution in [0.3, 0.4) is 0 Å². The normalized spacial score (nSPS) is 19.8. The highest BCUT2D eigenvalue weighted by Crippen LogP contribution is 2.12. The molecule has 1 aliphatic rings. The smallest absolute Gasteiger partial charge is 0.223 e. The first-order valence-corrected chi connectivity index (χ1v) is 6.82. The van der Waals surface area contributed by atoms with Crippen molar-refractivity contribution in [2.45, 2.75) is 18.9 Å². The van der Waals surface area contributed by atoms with Crippen LogP contribution in [0.4, 0.5) is 0 Å². The van der Waals surface area contributed by atoms with Gasteiger partial charge in [-0.2, -0.15) is 0 Å². The van der Waals surface area contributed by atoms with Gasteiger partial charge < -0.3 is 9.64 Å². The lowest BCUT2D eigenvalue weighted by atomic mass is 10.1. The third kappa shape index (κ3) is 3.47. The Balaban J connectivity index is 1.87. The van der Waals surface area contributed by atoms with Crippen molar-refractivity contribution in [1.82, 2.24) is 4.90 Å². The Morgan fingerprint density at radius 3 is 2.89 bits per heavy atom. The summed E-state index contributed by atoms with van der Waals surface area (Å²) in [6, 6.07) is 10.1. The van der Waals surface area contributed by atoms with Gasteiger partial charge in [0.2, 0.25) is 5.91 Å². The van der Waals surface area contributed by atoms with E-state index in [9.17, 15) is 4.79 Å². The number of morpholine rings is 1. The molecule has 98 valence electrons. The van der Waals surface area contributed by atoms with Gasteiger partial charge in [-0.15, -0.1) is 11.6 Å². The Kier molecular flexibility index (Phi) is 5.02. The van der Waals surface area contributed by atoms with E-state index in [1.165, 1.54) is 5.56 Å². The number of benzene rings is 1. The summed E-state index contributed by atoms with van der Waals surface area (Å²) in [7, 11) is 0. The van der Waals surface area contributed by atoms with Crippen molar-refractivity contribution in [2.75, 3.05) is 25.6 Å². The molecule has 0 bridgehead atoms. The second-order valence-electron chi connectivity index (χ2n) is 4.46. The van der Waals surface area contributed by atoms with Crippen molar-refractivity contribution < 1.29 is 9.53 Å². The van der Waals surface area contributed by atoms with Gasteiger partial charge in [0, 0.05) is 18.8 Å². The van der Waals surface area contributed by atoms with Crippen LogP contribution in [0.1, 0.15) is 12.0 Å². The number of amides is 1. The van der Waals surface area contributed by atoms with Gasteiger partial charge in [-0.3, -0.25) is 4.79 Å². The van der Waals surface area contributed by atoms with Gasteiger partial charge in [0.1, 0.15) is 0 Å². The first-order chi connectivity index (χ1) is 8.81. The fraction of sp³-hybridized carbons (Fsp3) is 0.500. The summed E-state index contributed by atoms with van der Waals surface area (Å²) in [5, 5.41) is 0. The average molecular weight is 268 g/mol. The zero-order chi connectivity index (χ0) is 12.8. The van der Waals surface area contributed by atoms with Crippen LogP contribution in [0, 0.1) is 0 Å². The molecule has 0 N–H and O–H groups in total. The molecular weight excluding hydrogens is 250 g/mol. The summed E-state index contributed by atoms with van der Waals surface area (Å²) in [4.78, 5) is 14.0. The number of halogens is 1. The van der Waals surface area contributed by atoms with Crippen molar-refractivity contribution >= 4 is 17.5 Å². The van der Waals surface area contributed by atoms with E-state index < -0.39 is 0 Å². The van der Waals surface area contributed by atoms with Gasteiger partial charge in [0.25, 0.3) is 0 Å². The maximum Gasteiger partial charge on any atom is 0.223 e. The number of carbonyl (C=O) groups excluding carboxylic acids is 1. The number of alkyl halides is 1. The van der Waals surface area contributed by atoms with Gasteiger partial charge in [-0.25, -0.2) is 0 Å². The SMILES string of the molecule is O=C(CCc1ccccc1)N1CCOCC1CCl. The summed E-state index contributed by atoms with van der Waals surface area (Å²) < 4.78 is 5.34. The van der Waals surface area contributed by atoms with Gasteiger partial charge in [-0.1, -0.05) is 30.3 Å². The average Bonchev–Trinajstić information content (AvgIpc) is 2.45. The van der Waals surface area contributed by atoms with Crippen molar-refractivity contribution in [3.05, 3.63) is 35.9 Å². The number of hydrogen-bond acceptors (Lipinski definition) is 2. The van der Waals surface area contributed by atoms with Crippen LogP contribution in [0.5, 0.6) is 0 Å². The molecule has 1 amide bonds. The lowest BCUT2D eigenvalue weighted by Crippen LogP contribution is -2.49. The zero-order valence-electron chi connectivity index (χ0n) is 10.3. The van der Waals surface area contributed by atoms with Crippen molar-refractivity contribution in [2.24, 2.45) is 0 Å². The summed E-state index contributed by atoms with van der Waals surface area (Å²) in [6.45, 7) is 1.83. The minimum absolute atomic E-state index is 0.0312. The molecule has 1 fully saturated rings. The number of rotatable bonds is 4. The molecule has 3 nitrogen and oxygen atoms in total. The third-order valence-electron chi connectivity index (χ3n) is 3.20. The Hall–Kier alpha value is -1.06. The molecule has 1 aromatic rings. The van der Waals surface area contributed by atoms with E-state index in [1.807, 2.05) is 35.2 Å². The van der Waals surface area contributed by atoms with E-state index in [0.29, 0.717) is 32.1 Å². The van der Waals surface area contributed by atoms with E-state index in [-0.39, 0.29) is 11.9 Å². The molecular formula is C14H18ClNO2. The van der Waals surface area contributed by atoms with Crippen LogP contribution >= 0.6 is 11.6 Å². The molecule has 0 radical (unpaired) electrons. The second kappa shape index (κ2) is 6.76. The standard InChI is InChI=1S/C14H18ClNO2/c15-10-13-11-18-9-8-16(13)14(17)7-6-12-4-2-1-3-5-12/h1-5,13H,6-11H2. The fourth-order valence-electron chi connectivity index (χ4n) is 2.15. The van der Waals surface area contributed by atoms with Crippen LogP contribution in [0.2, 0.25) is 0 Å². The highest BCUT2D eigenvalue weighted by atomic mass is 35.5. The van der Waals surface area contributed by atoms with Gasteiger partial charge in [-0.05, 0) is 12.0 Å². The number of hydrogen-bond donors (Lipinski definition) is 0. The number of aryl methyl sites for hydroxylation is 1. The van der Waals surface area contributed by atoms with Crippen LogP contribution < -0.4 is 0 Å². The molecule has 0 aliphatic carbocycles. The molecule has 1 aliphatic heterocycles. The van der Waals surface area contributed by atoms with Crippen molar-refractivity contribution in [3.63, 3.8) is 0 Å². The van der Waals surface area contributed by atoms with Crippen LogP contribution in [-0.2, 0) is 16.0 Å². The molecule has 0 aromatic heterocycles. The van der Waals surface area contributed by atoms with Crippen molar-refractivity contribution in [1.29, 1.82) is 0 Å². The van der Waals surface area contributed by atoms with E-state index in [2.05, 4.69) is 0 Å². The minimum atomic E-state index is 0.0312. The van der Waals surface area contributed by atoms with Gasteiger partial charge in [0.15, 0.2) is 0 Å². The first-order valence-electron chi connectivity index (χ1n) is 6.28. The van der Waals surface area contributed by atoms with Crippen LogP contribution in [-0.4, -0.2) is 42.5 Å². The summed E-state index contributed by atoms with van der Waals surface area (Å²) in [6.07, 6.45) is 1.32. The lowest BCUT2D eigenvalue weighted by Gasteiger charge is -2.34. The molecule has 1 heterocycles. The summed E-state index contributed by atoms with van der Waals surface area (Å²) >= 11 is 5.86. The number of carbonyl (C=O) groups is 1. The number of ether oxygens (including phenoxy) is 1. The summed E-state index contributed by atoms with van der Waals surface area (Å²) in [5.41, 5.74) is 1.20. The monoisotopic (exact) mass is 267 g/mol. The molecule has 1 aromatic carbocycles. The Morgan fingerprint density at radius 1 is 1.39 bits per heavy atom. The molecule has 1 atom stereocenters. The number of nitrogens with zero attached hydrogens (tertiary/aromatic N) is 1.